The number of likely N-dealkylation sites (N-methyl/N-ethyl adjacent to an activating group) is 1. The van der Waals surface area contributed by atoms with E-state index < -0.39 is 53.8 Å². The molecule has 0 amide bonds. The zero-order valence-electron chi connectivity index (χ0n) is 20.0. The van der Waals surface area contributed by atoms with Crippen molar-refractivity contribution in [3.05, 3.63) is 71.7 Å². The van der Waals surface area contributed by atoms with E-state index in [1.165, 1.54) is 20.0 Å². The molecule has 7 nitrogen and oxygen atoms in total. The Labute approximate surface area is 211 Å². The topological polar surface area (TPSA) is 79.1 Å². The fourth-order valence-electron chi connectivity index (χ4n) is 3.87. The lowest BCUT2D eigenvalue weighted by Gasteiger charge is -2.36. The van der Waals surface area contributed by atoms with Crippen LogP contribution in [0.3, 0.4) is 0 Å². The second kappa shape index (κ2) is 10.1. The van der Waals surface area contributed by atoms with E-state index in [0.717, 1.165) is 39.9 Å². The Morgan fingerprint density at radius 3 is 2.32 bits per heavy atom. The van der Waals surface area contributed by atoms with Crippen LogP contribution in [0.15, 0.2) is 42.6 Å². The summed E-state index contributed by atoms with van der Waals surface area (Å²) in [6.45, 7) is 0.421. The number of aromatic nitrogens is 4. The first-order valence-corrected chi connectivity index (χ1v) is 11.2. The van der Waals surface area contributed by atoms with Gasteiger partial charge in [-0.05, 0) is 38.1 Å². The lowest BCUT2D eigenvalue weighted by molar-refractivity contribution is -0.250. The molecule has 2 N–H and O–H groups in total. The van der Waals surface area contributed by atoms with Crippen molar-refractivity contribution in [3.63, 3.8) is 0 Å². The average molecular weight is 542 g/mol. The molecule has 38 heavy (non-hydrogen) atoms. The van der Waals surface area contributed by atoms with Crippen LogP contribution in [0.1, 0.15) is 12.7 Å². The molecule has 14 heteroatoms. The van der Waals surface area contributed by atoms with Crippen molar-refractivity contribution in [2.75, 3.05) is 29.9 Å². The van der Waals surface area contributed by atoms with Gasteiger partial charge < -0.3 is 15.3 Å². The molecule has 0 aliphatic rings. The van der Waals surface area contributed by atoms with Crippen molar-refractivity contribution in [1.82, 2.24) is 19.7 Å². The molecule has 2 aromatic heterocycles. The molecule has 0 aliphatic carbocycles. The number of halogens is 7. The maximum absolute atomic E-state index is 14.4. The van der Waals surface area contributed by atoms with Gasteiger partial charge in [-0.1, -0.05) is 0 Å². The van der Waals surface area contributed by atoms with E-state index in [0.29, 0.717) is 6.07 Å². The lowest BCUT2D eigenvalue weighted by Crippen LogP contribution is -2.58. The van der Waals surface area contributed by atoms with Crippen molar-refractivity contribution in [1.29, 1.82) is 0 Å². The first-order chi connectivity index (χ1) is 17.8. The highest BCUT2D eigenvalue weighted by Crippen LogP contribution is 2.34. The van der Waals surface area contributed by atoms with Gasteiger partial charge in [-0.25, -0.2) is 32.2 Å². The summed E-state index contributed by atoms with van der Waals surface area (Å²) in [7, 11) is 0. The molecule has 2 aromatic carbocycles. The van der Waals surface area contributed by atoms with E-state index >= 15 is 0 Å². The molecule has 2 heterocycles. The van der Waals surface area contributed by atoms with Crippen LogP contribution in [-0.4, -0.2) is 56.3 Å². The van der Waals surface area contributed by atoms with Crippen molar-refractivity contribution < 1.29 is 35.8 Å². The summed E-state index contributed by atoms with van der Waals surface area (Å²) in [4.78, 5) is 9.11. The number of anilines is 2. The summed E-state index contributed by atoms with van der Waals surface area (Å²) >= 11 is 0. The second-order valence-corrected chi connectivity index (χ2v) is 8.50. The summed E-state index contributed by atoms with van der Waals surface area (Å²) in [5.74, 6) is -3.65. The monoisotopic (exact) mass is 542 g/mol. The standard InChI is InChI=1S/C24H21F7N6O/c1-3-36(20-9-15(26)4-6-17(20)27)12-23(38,24(29,30)31)11-32-21-16-10-33-37(22(16)35-13(2)34-21)19-7-5-14(25)8-18(19)28/h4-10,38H,3,11-12H2,1-2H3,(H,32,34,35). The molecule has 1 atom stereocenters. The van der Waals surface area contributed by atoms with Crippen LogP contribution in [0.5, 0.6) is 0 Å². The van der Waals surface area contributed by atoms with Gasteiger partial charge in [-0.15, -0.1) is 0 Å². The number of hydrogen-bond donors (Lipinski definition) is 2. The maximum Gasteiger partial charge on any atom is 0.420 e. The molecule has 0 saturated heterocycles. The van der Waals surface area contributed by atoms with Crippen LogP contribution >= 0.6 is 0 Å². The van der Waals surface area contributed by atoms with Gasteiger partial charge >= 0.3 is 6.18 Å². The summed E-state index contributed by atoms with van der Waals surface area (Å²) < 4.78 is 99.0. The fourth-order valence-corrected chi connectivity index (χ4v) is 3.87. The van der Waals surface area contributed by atoms with Gasteiger partial charge in [0.25, 0.3) is 0 Å². The van der Waals surface area contributed by atoms with Gasteiger partial charge in [0, 0.05) is 18.7 Å². The van der Waals surface area contributed by atoms with Gasteiger partial charge in [-0.2, -0.15) is 18.3 Å². The van der Waals surface area contributed by atoms with Gasteiger partial charge in [0.1, 0.15) is 34.8 Å². The van der Waals surface area contributed by atoms with Crippen molar-refractivity contribution in [2.45, 2.75) is 25.6 Å². The molecule has 4 aromatic rings. The minimum absolute atomic E-state index is 0.0121. The molecular weight excluding hydrogens is 521 g/mol. The van der Waals surface area contributed by atoms with Crippen LogP contribution < -0.4 is 10.2 Å². The summed E-state index contributed by atoms with van der Waals surface area (Å²) in [6, 6.07) is 5.10. The SMILES string of the molecule is CCN(CC(O)(CNc1nc(C)nc2c1cnn2-c1ccc(F)cc1F)C(F)(F)F)c1cc(F)ccc1F. The Kier molecular flexibility index (Phi) is 7.19. The number of fused-ring (bicyclic) bond motifs is 1. The van der Waals surface area contributed by atoms with E-state index in [1.807, 2.05) is 0 Å². The van der Waals surface area contributed by atoms with Gasteiger partial charge in [0.05, 0.1) is 30.4 Å². The molecule has 0 radical (unpaired) electrons. The molecular formula is C24H21F7N6O. The van der Waals surface area contributed by atoms with Crippen LogP contribution in [-0.2, 0) is 0 Å². The van der Waals surface area contributed by atoms with Crippen LogP contribution in [0.2, 0.25) is 0 Å². The zero-order valence-corrected chi connectivity index (χ0v) is 20.0. The van der Waals surface area contributed by atoms with Crippen molar-refractivity contribution in [3.8, 4) is 5.69 Å². The van der Waals surface area contributed by atoms with E-state index in [9.17, 15) is 35.8 Å². The normalized spacial score (nSPS) is 13.5. The first-order valence-electron chi connectivity index (χ1n) is 11.2. The van der Waals surface area contributed by atoms with Gasteiger partial charge in [-0.3, -0.25) is 0 Å². The first kappa shape index (κ1) is 27.1. The largest absolute Gasteiger partial charge is 0.420 e. The summed E-state index contributed by atoms with van der Waals surface area (Å²) in [5, 5.41) is 17.3. The van der Waals surface area contributed by atoms with Gasteiger partial charge in [0.2, 0.25) is 0 Å². The van der Waals surface area contributed by atoms with Crippen LogP contribution in [0, 0.1) is 30.2 Å². The Balaban J connectivity index is 1.68. The molecule has 0 saturated carbocycles. The molecule has 202 valence electrons. The summed E-state index contributed by atoms with van der Waals surface area (Å²) in [6.07, 6.45) is -4.02. The number of aryl methyl sites for hydroxylation is 1. The Bertz CT molecular complexity index is 1470. The number of nitrogens with zero attached hydrogens (tertiary/aromatic N) is 5. The third-order valence-corrected chi connectivity index (χ3v) is 5.84. The summed E-state index contributed by atoms with van der Waals surface area (Å²) in [5.41, 5.74) is -4.03. The smallest absolute Gasteiger partial charge is 0.378 e. The highest BCUT2D eigenvalue weighted by Gasteiger charge is 2.54. The molecule has 0 aliphatic heterocycles. The lowest BCUT2D eigenvalue weighted by atomic mass is 10.0. The minimum atomic E-state index is -5.19. The van der Waals surface area contributed by atoms with E-state index in [2.05, 4.69) is 20.4 Å². The zero-order chi connectivity index (χ0) is 27.8. The molecule has 0 spiro atoms. The quantitative estimate of drug-likeness (QED) is 0.308. The third kappa shape index (κ3) is 5.21. The second-order valence-electron chi connectivity index (χ2n) is 8.50. The molecule has 1 unspecified atom stereocenters. The molecule has 0 fully saturated rings. The fraction of sp³-hybridized carbons (Fsp3) is 0.292. The van der Waals surface area contributed by atoms with E-state index in [4.69, 9.17) is 0 Å². The number of hydrogen-bond acceptors (Lipinski definition) is 6. The van der Waals surface area contributed by atoms with Crippen LogP contribution in [0.25, 0.3) is 16.7 Å². The number of alkyl halides is 3. The van der Waals surface area contributed by atoms with E-state index in [-0.39, 0.29) is 34.9 Å². The van der Waals surface area contributed by atoms with Gasteiger partial charge in [0.15, 0.2) is 17.1 Å². The number of aliphatic hydroxyl groups is 1. The Hall–Kier alpha value is -3.94. The van der Waals surface area contributed by atoms with Crippen LogP contribution in [0.4, 0.5) is 42.2 Å². The average Bonchev–Trinajstić information content (AvgIpc) is 3.25. The van der Waals surface area contributed by atoms with E-state index in [1.54, 1.807) is 0 Å². The predicted octanol–water partition coefficient (Wildman–Crippen LogP) is 4.91. The van der Waals surface area contributed by atoms with Crippen molar-refractivity contribution in [2.24, 2.45) is 0 Å². The number of nitrogens with one attached hydrogen (secondary N) is 1. The van der Waals surface area contributed by atoms with Crippen molar-refractivity contribution >= 4 is 22.5 Å². The number of benzene rings is 2. The Morgan fingerprint density at radius 2 is 1.66 bits per heavy atom. The third-order valence-electron chi connectivity index (χ3n) is 5.84. The molecule has 0 bridgehead atoms. The number of rotatable bonds is 8. The maximum atomic E-state index is 14.4. The Morgan fingerprint density at radius 1 is 0.974 bits per heavy atom. The minimum Gasteiger partial charge on any atom is -0.378 e. The molecule has 4 rings (SSSR count). The highest BCUT2D eigenvalue weighted by atomic mass is 19.4. The highest BCUT2D eigenvalue weighted by molar-refractivity contribution is 5.87. The predicted molar refractivity (Wildman–Crippen MR) is 125 cm³/mol.